The van der Waals surface area contributed by atoms with Crippen molar-refractivity contribution < 1.29 is 4.74 Å². The molecule has 0 bridgehead atoms. The first kappa shape index (κ1) is 14.7. The number of hydrogen-bond acceptors (Lipinski definition) is 2. The van der Waals surface area contributed by atoms with Crippen molar-refractivity contribution in [1.29, 1.82) is 0 Å². The molecule has 0 heterocycles. The third-order valence-corrected chi connectivity index (χ3v) is 3.57. The van der Waals surface area contributed by atoms with Gasteiger partial charge >= 0.3 is 0 Å². The fourth-order valence-electron chi connectivity index (χ4n) is 2.07. The highest BCUT2D eigenvalue weighted by Crippen LogP contribution is 2.25. The zero-order valence-electron chi connectivity index (χ0n) is 11.9. The molecule has 1 atom stereocenters. The van der Waals surface area contributed by atoms with Gasteiger partial charge in [-0.1, -0.05) is 30.3 Å². The Balaban J connectivity index is 1.99. The van der Waals surface area contributed by atoms with E-state index in [1.54, 1.807) is 0 Å². The molecule has 0 aromatic heterocycles. The molecule has 0 fully saturated rings. The maximum absolute atomic E-state index is 6.50. The molecule has 20 heavy (non-hydrogen) atoms. The lowest BCUT2D eigenvalue weighted by Gasteiger charge is -2.22. The van der Waals surface area contributed by atoms with Gasteiger partial charge in [0.05, 0.1) is 12.0 Å². The van der Waals surface area contributed by atoms with Crippen molar-refractivity contribution in [2.24, 2.45) is 0 Å². The zero-order valence-corrected chi connectivity index (χ0v) is 12.7. The van der Waals surface area contributed by atoms with Gasteiger partial charge in [0.15, 0.2) is 0 Å². The molecule has 0 saturated carbocycles. The summed E-state index contributed by atoms with van der Waals surface area (Å²) in [6, 6.07) is 18.2. The van der Waals surface area contributed by atoms with Gasteiger partial charge in [-0.2, -0.15) is 0 Å². The molecule has 2 nitrogen and oxygen atoms in total. The van der Waals surface area contributed by atoms with E-state index in [-0.39, 0.29) is 5.38 Å². The normalized spacial score (nSPS) is 11.9. The van der Waals surface area contributed by atoms with Crippen molar-refractivity contribution in [3.05, 3.63) is 60.2 Å². The molecule has 2 aromatic rings. The average Bonchev–Trinajstić information content (AvgIpc) is 2.49. The number of rotatable bonds is 6. The van der Waals surface area contributed by atoms with E-state index in [0.29, 0.717) is 6.61 Å². The van der Waals surface area contributed by atoms with Crippen LogP contribution in [0.15, 0.2) is 54.6 Å². The van der Waals surface area contributed by atoms with Gasteiger partial charge in [-0.15, -0.1) is 11.6 Å². The molecule has 0 N–H and O–H groups in total. The lowest BCUT2D eigenvalue weighted by molar-refractivity contribution is 0.340. The van der Waals surface area contributed by atoms with Crippen LogP contribution in [0.3, 0.4) is 0 Å². The number of halogens is 1. The van der Waals surface area contributed by atoms with Crippen LogP contribution >= 0.6 is 11.6 Å². The quantitative estimate of drug-likeness (QED) is 0.726. The second-order valence-corrected chi connectivity index (χ2v) is 5.21. The van der Waals surface area contributed by atoms with E-state index in [0.717, 1.165) is 17.9 Å². The molecule has 0 spiro atoms. The minimum absolute atomic E-state index is 0.0455. The Morgan fingerprint density at radius 2 is 1.70 bits per heavy atom. The molecule has 0 aliphatic heterocycles. The lowest BCUT2D eigenvalue weighted by Crippen LogP contribution is -2.21. The highest BCUT2D eigenvalue weighted by Gasteiger charge is 2.11. The zero-order chi connectivity index (χ0) is 14.4. The number of para-hydroxylation sites is 1. The summed E-state index contributed by atoms with van der Waals surface area (Å²) in [5.41, 5.74) is 2.28. The SMILES string of the molecule is CCOc1ccc(C(Cl)CN(C)c2ccccc2)cc1. The van der Waals surface area contributed by atoms with Gasteiger partial charge in [0.1, 0.15) is 5.75 Å². The third-order valence-electron chi connectivity index (χ3n) is 3.18. The predicted molar refractivity (Wildman–Crippen MR) is 85.9 cm³/mol. The van der Waals surface area contributed by atoms with E-state index in [9.17, 15) is 0 Å². The molecule has 1 unspecified atom stereocenters. The van der Waals surface area contributed by atoms with E-state index in [4.69, 9.17) is 16.3 Å². The largest absolute Gasteiger partial charge is 0.494 e. The first-order chi connectivity index (χ1) is 9.70. The van der Waals surface area contributed by atoms with Gasteiger partial charge in [-0.25, -0.2) is 0 Å². The first-order valence-electron chi connectivity index (χ1n) is 6.83. The summed E-state index contributed by atoms with van der Waals surface area (Å²) in [5.74, 6) is 0.886. The Morgan fingerprint density at radius 1 is 1.05 bits per heavy atom. The van der Waals surface area contributed by atoms with Gasteiger partial charge in [-0.3, -0.25) is 0 Å². The summed E-state index contributed by atoms with van der Waals surface area (Å²) in [6.45, 7) is 3.42. The van der Waals surface area contributed by atoms with Crippen LogP contribution in [0.25, 0.3) is 0 Å². The maximum atomic E-state index is 6.50. The lowest BCUT2D eigenvalue weighted by atomic mass is 10.1. The second-order valence-electron chi connectivity index (χ2n) is 4.69. The number of nitrogens with zero attached hydrogens (tertiary/aromatic N) is 1. The van der Waals surface area contributed by atoms with Crippen LogP contribution in [-0.4, -0.2) is 20.2 Å². The van der Waals surface area contributed by atoms with Crippen LogP contribution in [0.1, 0.15) is 17.9 Å². The van der Waals surface area contributed by atoms with E-state index in [2.05, 4.69) is 24.1 Å². The summed E-state index contributed by atoms with van der Waals surface area (Å²) < 4.78 is 5.44. The maximum Gasteiger partial charge on any atom is 0.119 e. The highest BCUT2D eigenvalue weighted by atomic mass is 35.5. The van der Waals surface area contributed by atoms with Crippen molar-refractivity contribution in [2.45, 2.75) is 12.3 Å². The number of ether oxygens (including phenoxy) is 1. The standard InChI is InChI=1S/C17H20ClNO/c1-3-20-16-11-9-14(10-12-16)17(18)13-19(2)15-7-5-4-6-8-15/h4-12,17H,3,13H2,1-2H3. The Hall–Kier alpha value is -1.67. The van der Waals surface area contributed by atoms with Gasteiger partial charge in [-0.05, 0) is 36.8 Å². The molecule has 3 heteroatoms. The smallest absolute Gasteiger partial charge is 0.119 e. The first-order valence-corrected chi connectivity index (χ1v) is 7.27. The number of hydrogen-bond donors (Lipinski definition) is 0. The molecule has 0 aliphatic rings. The summed E-state index contributed by atoms with van der Waals surface area (Å²) >= 11 is 6.50. The van der Waals surface area contributed by atoms with Gasteiger partial charge < -0.3 is 9.64 Å². The minimum atomic E-state index is -0.0455. The van der Waals surface area contributed by atoms with Crippen LogP contribution in [0, 0.1) is 0 Å². The van der Waals surface area contributed by atoms with Gasteiger partial charge in [0.2, 0.25) is 0 Å². The Kier molecular flexibility index (Phi) is 5.31. The van der Waals surface area contributed by atoms with Crippen molar-refractivity contribution in [3.8, 4) is 5.75 Å². The fraction of sp³-hybridized carbons (Fsp3) is 0.294. The van der Waals surface area contributed by atoms with E-state index in [1.807, 2.05) is 49.4 Å². The number of anilines is 1. The number of likely N-dealkylation sites (N-methyl/N-ethyl adjacent to an activating group) is 1. The topological polar surface area (TPSA) is 12.5 Å². The molecular weight excluding hydrogens is 270 g/mol. The van der Waals surface area contributed by atoms with Crippen molar-refractivity contribution >= 4 is 17.3 Å². The summed E-state index contributed by atoms with van der Waals surface area (Å²) in [5, 5.41) is -0.0455. The van der Waals surface area contributed by atoms with Crippen LogP contribution in [0.2, 0.25) is 0 Å². The molecule has 106 valence electrons. The molecule has 0 amide bonds. The number of alkyl halides is 1. The van der Waals surface area contributed by atoms with Crippen molar-refractivity contribution in [2.75, 3.05) is 25.1 Å². The third kappa shape index (κ3) is 3.91. The van der Waals surface area contributed by atoms with E-state index < -0.39 is 0 Å². The van der Waals surface area contributed by atoms with Crippen LogP contribution < -0.4 is 9.64 Å². The molecule has 0 aliphatic carbocycles. The van der Waals surface area contributed by atoms with Crippen LogP contribution in [0.4, 0.5) is 5.69 Å². The summed E-state index contributed by atoms with van der Waals surface area (Å²) in [6.07, 6.45) is 0. The van der Waals surface area contributed by atoms with E-state index in [1.165, 1.54) is 5.69 Å². The highest BCUT2D eigenvalue weighted by molar-refractivity contribution is 6.21. The van der Waals surface area contributed by atoms with Crippen molar-refractivity contribution in [1.82, 2.24) is 0 Å². The molecule has 0 radical (unpaired) electrons. The fourth-order valence-corrected chi connectivity index (χ4v) is 2.43. The molecule has 2 rings (SSSR count). The number of benzene rings is 2. The summed E-state index contributed by atoms with van der Waals surface area (Å²) in [7, 11) is 2.05. The Morgan fingerprint density at radius 3 is 2.30 bits per heavy atom. The van der Waals surface area contributed by atoms with Gasteiger partial charge in [0, 0.05) is 19.3 Å². The monoisotopic (exact) mass is 289 g/mol. The average molecular weight is 290 g/mol. The molecule has 0 saturated heterocycles. The van der Waals surface area contributed by atoms with Crippen LogP contribution in [-0.2, 0) is 0 Å². The second kappa shape index (κ2) is 7.20. The van der Waals surface area contributed by atoms with Gasteiger partial charge in [0.25, 0.3) is 0 Å². The van der Waals surface area contributed by atoms with E-state index >= 15 is 0 Å². The van der Waals surface area contributed by atoms with Crippen molar-refractivity contribution in [3.63, 3.8) is 0 Å². The van der Waals surface area contributed by atoms with Crippen LogP contribution in [0.5, 0.6) is 5.75 Å². The Bertz CT molecular complexity index is 512. The molecule has 2 aromatic carbocycles. The minimum Gasteiger partial charge on any atom is -0.494 e. The Labute approximate surface area is 125 Å². The summed E-state index contributed by atoms with van der Waals surface area (Å²) in [4.78, 5) is 2.16. The predicted octanol–water partition coefficient (Wildman–Crippen LogP) is 4.50. The molecular formula is C17H20ClNO.